The molecule has 5 nitrogen and oxygen atoms in total. The monoisotopic (exact) mass is 1290 g/mol. The lowest BCUT2D eigenvalue weighted by Crippen LogP contribution is -2.61. The minimum Gasteiger partial charge on any atom is -0.456 e. The second-order valence-corrected chi connectivity index (χ2v) is 27.4. The van der Waals surface area contributed by atoms with Crippen molar-refractivity contribution < 1.29 is 4.42 Å². The number of rotatable bonds is 9. The van der Waals surface area contributed by atoms with Crippen LogP contribution in [0.3, 0.4) is 0 Å². The predicted octanol–water partition coefficient (Wildman–Crippen LogP) is 23.9. The lowest BCUT2D eigenvalue weighted by atomic mass is 9.33. The van der Waals surface area contributed by atoms with E-state index in [9.17, 15) is 0 Å². The van der Waals surface area contributed by atoms with E-state index in [-0.39, 0.29) is 6.71 Å². The van der Waals surface area contributed by atoms with Crippen molar-refractivity contribution in [3.63, 3.8) is 0 Å². The fourth-order valence-corrected chi connectivity index (χ4v) is 17.6. The Kier molecular flexibility index (Phi) is 12.2. The van der Waals surface area contributed by atoms with E-state index in [0.717, 1.165) is 140 Å². The first kappa shape index (κ1) is 56.6. The van der Waals surface area contributed by atoms with Crippen molar-refractivity contribution >= 4 is 139 Å². The molecule has 6 heterocycles. The highest BCUT2D eigenvalue weighted by molar-refractivity contribution is 7.00. The number of fused-ring (bicyclic) bond motifs is 16. The number of hydrogen-bond donors (Lipinski definition) is 0. The van der Waals surface area contributed by atoms with Gasteiger partial charge in [0, 0.05) is 93.8 Å². The minimum absolute atomic E-state index is 0.256. The van der Waals surface area contributed by atoms with Gasteiger partial charge in [-0.2, -0.15) is 0 Å². The normalized spacial score (nSPS) is 12.6. The molecule has 20 aromatic rings. The Bertz CT molecular complexity index is 6660. The Balaban J connectivity index is 0.897. The lowest BCUT2D eigenvalue weighted by Gasteiger charge is -2.46. The molecule has 0 unspecified atom stereocenters. The fraction of sp³-hybridized carbons (Fsp3) is 0. The summed E-state index contributed by atoms with van der Waals surface area (Å²) in [6, 6.07) is 134. The SMILES string of the molecule is c1ccc(-c2cccc(-c3ccccc3)c2N2c3cc(-c4ccc5c(c4)c4cccc6c7ccccc7n5c64)ccc3B3c4ccc(-n5c6ccccc6c6ccccc65)cc4N(c4c(-c5ccccc5)cccc4-c4ccccc4)c4cc(-c5ccc6oc7ccccc7c6c5)cc2c43)cc1. The summed E-state index contributed by atoms with van der Waals surface area (Å²) in [7, 11) is 0. The molecule has 0 fully saturated rings. The number of nitrogens with zero attached hydrogens (tertiary/aromatic N) is 4. The molecule has 4 aromatic heterocycles. The van der Waals surface area contributed by atoms with Gasteiger partial charge in [0.05, 0.1) is 39.0 Å². The summed E-state index contributed by atoms with van der Waals surface area (Å²) in [6.45, 7) is -0.256. The third kappa shape index (κ3) is 8.29. The molecule has 0 saturated carbocycles. The maximum atomic E-state index is 6.64. The molecule has 472 valence electrons. The van der Waals surface area contributed by atoms with E-state index in [1.54, 1.807) is 0 Å². The first-order chi connectivity index (χ1) is 50.6. The minimum atomic E-state index is -0.256. The van der Waals surface area contributed by atoms with Crippen molar-refractivity contribution in [1.82, 2.24) is 8.97 Å². The second-order valence-electron chi connectivity index (χ2n) is 27.4. The van der Waals surface area contributed by atoms with Gasteiger partial charge in [-0.25, -0.2) is 0 Å². The molecule has 0 N–H and O–H groups in total. The molecule has 0 saturated heterocycles. The van der Waals surface area contributed by atoms with Crippen LogP contribution in [0.5, 0.6) is 0 Å². The van der Waals surface area contributed by atoms with E-state index < -0.39 is 0 Å². The smallest absolute Gasteiger partial charge is 0.252 e. The highest BCUT2D eigenvalue weighted by atomic mass is 16.3. The van der Waals surface area contributed by atoms with Crippen molar-refractivity contribution in [3.8, 4) is 72.4 Å². The Hall–Kier alpha value is -13.4. The molecule has 0 atom stereocenters. The standard InChI is InChI=1S/C96H59BN4O/c1-5-24-60(25-6-1)69-36-21-37-70(61-26-7-2-8-27-61)94(69)100-87-56-66(64-47-52-86-79(54-64)78-41-23-40-77-75-34-15-19-44-85(75)99(86)96(77)78)46-50-81(87)97-82-51-49-68(98-83-42-17-13-32-73(83)74-33-14-18-43-84(74)98)59-88(82)101(95-71(62-28-9-3-10-29-62)38-22-39-72(95)63-30-11-4-12-31-63)90-58-67(57-89(100)93(90)97)65-48-53-92-80(55-65)76-35-16-20-45-91(76)102-92/h1-59H. The van der Waals surface area contributed by atoms with Crippen LogP contribution in [0.1, 0.15) is 0 Å². The highest BCUT2D eigenvalue weighted by Crippen LogP contribution is 2.55. The molecule has 102 heavy (non-hydrogen) atoms. The maximum absolute atomic E-state index is 6.64. The quantitative estimate of drug-likeness (QED) is 0.135. The number of furan rings is 1. The number of anilines is 6. The van der Waals surface area contributed by atoms with Crippen LogP contribution in [0.2, 0.25) is 0 Å². The third-order valence-corrected chi connectivity index (χ3v) is 22.0. The van der Waals surface area contributed by atoms with E-state index in [2.05, 4.69) is 377 Å². The number of para-hydroxylation sites is 7. The molecular formula is C96H59BN4O. The summed E-state index contributed by atoms with van der Waals surface area (Å²) < 4.78 is 11.6. The number of benzene rings is 16. The molecule has 6 heteroatoms. The Morgan fingerprint density at radius 2 is 0.627 bits per heavy atom. The van der Waals surface area contributed by atoms with Crippen molar-refractivity contribution in [2.45, 2.75) is 0 Å². The van der Waals surface area contributed by atoms with Crippen LogP contribution < -0.4 is 26.2 Å². The first-order valence-corrected chi connectivity index (χ1v) is 35.2. The Morgan fingerprint density at radius 3 is 1.21 bits per heavy atom. The zero-order chi connectivity index (χ0) is 66.7. The van der Waals surface area contributed by atoms with Crippen LogP contribution in [0, 0.1) is 0 Å². The van der Waals surface area contributed by atoms with E-state index in [1.807, 2.05) is 0 Å². The van der Waals surface area contributed by atoms with Gasteiger partial charge in [0.2, 0.25) is 0 Å². The average molecular weight is 1300 g/mol. The Labute approximate surface area is 588 Å². The molecule has 0 bridgehead atoms. The molecular weight excluding hydrogens is 1240 g/mol. The average Bonchev–Trinajstić information content (AvgIpc) is 0.843. The molecule has 2 aliphatic heterocycles. The summed E-state index contributed by atoms with van der Waals surface area (Å²) >= 11 is 0. The van der Waals surface area contributed by atoms with Gasteiger partial charge in [-0.1, -0.05) is 279 Å². The molecule has 0 aliphatic carbocycles. The van der Waals surface area contributed by atoms with Gasteiger partial charge in [0.1, 0.15) is 11.2 Å². The maximum Gasteiger partial charge on any atom is 0.252 e. The third-order valence-electron chi connectivity index (χ3n) is 22.0. The van der Waals surface area contributed by atoms with Gasteiger partial charge >= 0.3 is 0 Å². The van der Waals surface area contributed by atoms with E-state index in [1.165, 1.54) is 65.3 Å². The van der Waals surface area contributed by atoms with E-state index >= 15 is 0 Å². The predicted molar refractivity (Wildman–Crippen MR) is 429 cm³/mol. The number of aromatic nitrogens is 2. The van der Waals surface area contributed by atoms with Crippen LogP contribution in [-0.2, 0) is 0 Å². The van der Waals surface area contributed by atoms with Crippen LogP contribution in [0.25, 0.3) is 154 Å². The summed E-state index contributed by atoms with van der Waals surface area (Å²) in [4.78, 5) is 5.35. The lowest BCUT2D eigenvalue weighted by molar-refractivity contribution is 0.669. The zero-order valence-electron chi connectivity index (χ0n) is 55.3. The van der Waals surface area contributed by atoms with Crippen LogP contribution in [0.4, 0.5) is 34.1 Å². The van der Waals surface area contributed by atoms with Crippen LogP contribution in [0.15, 0.2) is 362 Å². The molecule has 0 spiro atoms. The zero-order valence-corrected chi connectivity index (χ0v) is 55.3. The Morgan fingerprint density at radius 1 is 0.235 bits per heavy atom. The highest BCUT2D eigenvalue weighted by Gasteiger charge is 2.46. The van der Waals surface area contributed by atoms with Gasteiger partial charge in [0.15, 0.2) is 0 Å². The fourth-order valence-electron chi connectivity index (χ4n) is 17.6. The van der Waals surface area contributed by atoms with Crippen molar-refractivity contribution in [2.75, 3.05) is 9.80 Å². The van der Waals surface area contributed by atoms with E-state index in [4.69, 9.17) is 4.42 Å². The molecule has 0 amide bonds. The summed E-state index contributed by atoms with van der Waals surface area (Å²) in [5.74, 6) is 0. The molecule has 2 aliphatic rings. The van der Waals surface area contributed by atoms with Gasteiger partial charge in [-0.05, 0) is 140 Å². The number of hydrogen-bond acceptors (Lipinski definition) is 3. The summed E-state index contributed by atoms with van der Waals surface area (Å²) in [5.41, 5.74) is 32.5. The van der Waals surface area contributed by atoms with Crippen LogP contribution in [-0.4, -0.2) is 15.7 Å². The summed E-state index contributed by atoms with van der Waals surface area (Å²) in [6.07, 6.45) is 0. The van der Waals surface area contributed by atoms with Gasteiger partial charge in [-0.3, -0.25) is 0 Å². The van der Waals surface area contributed by atoms with Crippen molar-refractivity contribution in [2.24, 2.45) is 0 Å². The largest absolute Gasteiger partial charge is 0.456 e. The van der Waals surface area contributed by atoms with E-state index in [0.29, 0.717) is 0 Å². The molecule has 16 aromatic carbocycles. The van der Waals surface area contributed by atoms with Gasteiger partial charge < -0.3 is 23.2 Å². The molecule has 22 rings (SSSR count). The second kappa shape index (κ2) is 22.0. The van der Waals surface area contributed by atoms with Gasteiger partial charge in [-0.15, -0.1) is 0 Å². The summed E-state index contributed by atoms with van der Waals surface area (Å²) in [5, 5.41) is 9.65. The molecule has 0 radical (unpaired) electrons. The topological polar surface area (TPSA) is 29.0 Å². The van der Waals surface area contributed by atoms with Crippen molar-refractivity contribution in [3.05, 3.63) is 358 Å². The van der Waals surface area contributed by atoms with Gasteiger partial charge in [0.25, 0.3) is 6.71 Å². The van der Waals surface area contributed by atoms with Crippen molar-refractivity contribution in [1.29, 1.82) is 0 Å². The van der Waals surface area contributed by atoms with Crippen LogP contribution >= 0.6 is 0 Å². The first-order valence-electron chi connectivity index (χ1n) is 35.2.